The summed E-state index contributed by atoms with van der Waals surface area (Å²) >= 11 is 0. The smallest absolute Gasteiger partial charge is 0.258 e. The Bertz CT molecular complexity index is 1810. The van der Waals surface area contributed by atoms with Gasteiger partial charge in [-0.3, -0.25) is 4.79 Å². The maximum atomic E-state index is 15.5. The number of carbonyl (C=O) groups is 1. The fraction of sp³-hybridized carbons (Fsp3) is 0.419. The van der Waals surface area contributed by atoms with Crippen molar-refractivity contribution >= 4 is 28.0 Å². The largest absolute Gasteiger partial charge is 0.456 e. The molecule has 5 aromatic rings. The van der Waals surface area contributed by atoms with Crippen LogP contribution in [0.5, 0.6) is 5.75 Å². The number of nitrogens with one attached hydrogen (secondary N) is 1. The molecule has 1 amide bonds. The lowest BCUT2D eigenvalue weighted by Gasteiger charge is -2.26. The van der Waals surface area contributed by atoms with Crippen molar-refractivity contribution in [2.24, 2.45) is 18.7 Å². The Morgan fingerprint density at radius 3 is 2.81 bits per heavy atom. The molecule has 12 heteroatoms. The molecule has 1 saturated carbocycles. The fourth-order valence-electron chi connectivity index (χ4n) is 6.06. The SMILES string of the molecule is CC(C(F)Oc1cccc2cc(-c3nc4cc5c(nc4n3C)C(C[C@H](N)CF)CNC5=O)n(CC3CC3)c12)n1ccnc1. The number of halogens is 2. The summed E-state index contributed by atoms with van der Waals surface area (Å²) in [7, 11) is 1.90. The minimum absolute atomic E-state index is 0.194. The van der Waals surface area contributed by atoms with Crippen LogP contribution in [0, 0.1) is 5.92 Å². The van der Waals surface area contributed by atoms with Crippen LogP contribution >= 0.6 is 0 Å². The van der Waals surface area contributed by atoms with E-state index in [2.05, 4.69) is 14.9 Å². The van der Waals surface area contributed by atoms with Crippen LogP contribution in [-0.2, 0) is 13.6 Å². The summed E-state index contributed by atoms with van der Waals surface area (Å²) in [6.45, 7) is 2.21. The summed E-state index contributed by atoms with van der Waals surface area (Å²) in [5.74, 6) is 1.23. The third kappa shape index (κ3) is 4.93. The molecule has 4 aromatic heterocycles. The van der Waals surface area contributed by atoms with Crippen molar-refractivity contribution in [2.45, 2.75) is 57.1 Å². The third-order valence-corrected chi connectivity index (χ3v) is 8.66. The topological polar surface area (TPSA) is 118 Å². The number of imidazole rings is 2. The number of fused-ring (bicyclic) bond motifs is 3. The van der Waals surface area contributed by atoms with E-state index in [9.17, 15) is 9.18 Å². The first-order valence-corrected chi connectivity index (χ1v) is 14.7. The van der Waals surface area contributed by atoms with Crippen molar-refractivity contribution in [2.75, 3.05) is 13.2 Å². The lowest BCUT2D eigenvalue weighted by Crippen LogP contribution is -2.38. The van der Waals surface area contributed by atoms with Crippen LogP contribution in [0.1, 0.15) is 54.2 Å². The molecule has 1 aliphatic carbocycles. The van der Waals surface area contributed by atoms with E-state index in [1.807, 2.05) is 29.8 Å². The number of nitrogens with two attached hydrogens (primary N) is 1. The maximum absolute atomic E-state index is 15.5. The van der Waals surface area contributed by atoms with Crippen molar-refractivity contribution in [3.05, 3.63) is 60.3 Å². The Balaban J connectivity index is 1.32. The van der Waals surface area contributed by atoms with Gasteiger partial charge in [0.15, 0.2) is 11.5 Å². The standard InChI is InChI=1S/C31H34F2N8O2/c1-17(40-9-8-35-16-40)28(33)43-25-5-3-4-19-11-24(41(27(19)25)15-18-6-7-18)30-37-23-12-22-26(38-29(23)39(30)2)20(10-21(34)13-32)14-36-31(22)42/h3-5,8-9,11-12,16-18,20-21,28H,6-7,10,13-15,34H2,1-2H3,(H,36,42)/t17?,20?,21-,28?/m0/s1. The van der Waals surface area contributed by atoms with E-state index in [1.165, 1.54) is 0 Å². The summed E-state index contributed by atoms with van der Waals surface area (Å²) in [6.07, 6.45) is 5.94. The summed E-state index contributed by atoms with van der Waals surface area (Å²) < 4.78 is 40.5. The van der Waals surface area contributed by atoms with Gasteiger partial charge >= 0.3 is 0 Å². The number of hydrogen-bond acceptors (Lipinski definition) is 6. The van der Waals surface area contributed by atoms with Crippen LogP contribution in [-0.4, -0.2) is 60.2 Å². The van der Waals surface area contributed by atoms with E-state index in [0.717, 1.165) is 36.0 Å². The Morgan fingerprint density at radius 2 is 2.07 bits per heavy atom. The number of carbonyl (C=O) groups excluding carboxylic acids is 1. The molecule has 224 valence electrons. The number of amides is 1. The van der Waals surface area contributed by atoms with Crippen molar-refractivity contribution in [3.8, 4) is 17.3 Å². The molecule has 1 aromatic carbocycles. The fourth-order valence-corrected chi connectivity index (χ4v) is 6.06. The molecule has 10 nitrogen and oxygen atoms in total. The second kappa shape index (κ2) is 10.7. The molecule has 0 bridgehead atoms. The van der Waals surface area contributed by atoms with Crippen LogP contribution in [0.25, 0.3) is 33.6 Å². The number of aromatic nitrogens is 6. The highest BCUT2D eigenvalue weighted by Crippen LogP contribution is 2.40. The first-order valence-electron chi connectivity index (χ1n) is 14.7. The Kier molecular flexibility index (Phi) is 6.88. The van der Waals surface area contributed by atoms with Crippen LogP contribution in [0.4, 0.5) is 8.78 Å². The molecule has 0 saturated heterocycles. The van der Waals surface area contributed by atoms with Gasteiger partial charge in [-0.2, -0.15) is 4.39 Å². The van der Waals surface area contributed by atoms with E-state index in [4.69, 9.17) is 20.4 Å². The van der Waals surface area contributed by atoms with Gasteiger partial charge in [0.25, 0.3) is 12.3 Å². The van der Waals surface area contributed by atoms with Crippen molar-refractivity contribution < 1.29 is 18.3 Å². The molecular formula is C31H34F2N8O2. The van der Waals surface area contributed by atoms with E-state index in [-0.39, 0.29) is 11.8 Å². The molecule has 0 radical (unpaired) electrons. The molecule has 1 fully saturated rings. The second-order valence-corrected chi connectivity index (χ2v) is 11.8. The second-order valence-electron chi connectivity index (χ2n) is 11.8. The number of ether oxygens (including phenoxy) is 1. The number of hydrogen-bond donors (Lipinski definition) is 2. The molecule has 5 heterocycles. The van der Waals surface area contributed by atoms with E-state index in [0.29, 0.717) is 52.9 Å². The minimum Gasteiger partial charge on any atom is -0.456 e. The monoisotopic (exact) mass is 588 g/mol. The van der Waals surface area contributed by atoms with Crippen molar-refractivity contribution in [1.29, 1.82) is 0 Å². The molecular weight excluding hydrogens is 554 g/mol. The quantitative estimate of drug-likeness (QED) is 0.245. The number of pyridine rings is 1. The normalized spacial score (nSPS) is 18.9. The number of para-hydroxylation sites is 1. The average Bonchev–Trinajstić information content (AvgIpc) is 3.36. The van der Waals surface area contributed by atoms with Gasteiger partial charge in [-0.25, -0.2) is 19.3 Å². The predicted octanol–water partition coefficient (Wildman–Crippen LogP) is 4.65. The number of rotatable bonds is 10. The predicted molar refractivity (Wildman–Crippen MR) is 158 cm³/mol. The van der Waals surface area contributed by atoms with Crippen LogP contribution in [0.2, 0.25) is 0 Å². The number of benzene rings is 1. The van der Waals surface area contributed by atoms with Crippen LogP contribution in [0.3, 0.4) is 0 Å². The zero-order chi connectivity index (χ0) is 29.8. The summed E-state index contributed by atoms with van der Waals surface area (Å²) in [5.41, 5.74) is 9.85. The van der Waals surface area contributed by atoms with Gasteiger partial charge in [-0.15, -0.1) is 0 Å². The van der Waals surface area contributed by atoms with Gasteiger partial charge in [-0.05, 0) is 50.3 Å². The van der Waals surface area contributed by atoms with Crippen LogP contribution < -0.4 is 15.8 Å². The summed E-state index contributed by atoms with van der Waals surface area (Å²) in [5, 5.41) is 3.80. The zero-order valence-electron chi connectivity index (χ0n) is 24.1. The summed E-state index contributed by atoms with van der Waals surface area (Å²) in [6, 6.07) is 8.27. The Morgan fingerprint density at radius 1 is 1.23 bits per heavy atom. The van der Waals surface area contributed by atoms with E-state index >= 15 is 4.39 Å². The molecule has 3 N–H and O–H groups in total. The first kappa shape index (κ1) is 27.5. The van der Waals surface area contributed by atoms with Gasteiger partial charge in [-0.1, -0.05) is 12.1 Å². The van der Waals surface area contributed by atoms with Gasteiger partial charge in [0.1, 0.15) is 17.9 Å². The molecule has 0 spiro atoms. The highest BCUT2D eigenvalue weighted by molar-refractivity contribution is 5.99. The third-order valence-electron chi connectivity index (χ3n) is 8.66. The van der Waals surface area contributed by atoms with Gasteiger partial charge < -0.3 is 29.5 Å². The molecule has 3 unspecified atom stereocenters. The van der Waals surface area contributed by atoms with Crippen LogP contribution in [0.15, 0.2) is 49.1 Å². The Hall–Kier alpha value is -4.32. The van der Waals surface area contributed by atoms with Gasteiger partial charge in [0, 0.05) is 49.9 Å². The highest BCUT2D eigenvalue weighted by atomic mass is 19.1. The van der Waals surface area contributed by atoms with Crippen molar-refractivity contribution in [3.63, 3.8) is 0 Å². The van der Waals surface area contributed by atoms with E-state index < -0.39 is 25.1 Å². The number of nitrogens with zero attached hydrogens (tertiary/aromatic N) is 6. The number of aryl methyl sites for hydroxylation is 1. The summed E-state index contributed by atoms with van der Waals surface area (Å²) in [4.78, 5) is 26.7. The van der Waals surface area contributed by atoms with Gasteiger partial charge in [0.05, 0.1) is 34.8 Å². The molecule has 4 atom stereocenters. The molecule has 7 rings (SSSR count). The minimum atomic E-state index is -1.59. The molecule has 43 heavy (non-hydrogen) atoms. The zero-order valence-corrected chi connectivity index (χ0v) is 24.1. The molecule has 1 aliphatic heterocycles. The van der Waals surface area contributed by atoms with Gasteiger partial charge in [0.2, 0.25) is 0 Å². The average molecular weight is 589 g/mol. The molecule has 2 aliphatic rings. The van der Waals surface area contributed by atoms with E-state index in [1.54, 1.807) is 42.3 Å². The lowest BCUT2D eigenvalue weighted by atomic mass is 9.90. The maximum Gasteiger partial charge on any atom is 0.258 e. The first-order chi connectivity index (χ1) is 20.8. The Labute approximate surface area is 246 Å². The number of alkyl halides is 2. The van der Waals surface area contributed by atoms with Crippen molar-refractivity contribution in [1.82, 2.24) is 34.0 Å². The lowest BCUT2D eigenvalue weighted by molar-refractivity contribution is 0.0249. The highest BCUT2D eigenvalue weighted by Gasteiger charge is 2.31.